The first-order valence-corrected chi connectivity index (χ1v) is 6.57. The van der Waals surface area contributed by atoms with Gasteiger partial charge in [0.25, 0.3) is 11.6 Å². The fraction of sp³-hybridized carbons (Fsp3) is 0.462. The third-order valence-corrected chi connectivity index (χ3v) is 3.57. The number of carbonyl (C=O) groups is 1. The van der Waals surface area contributed by atoms with Gasteiger partial charge in [-0.15, -0.1) is 12.4 Å². The number of carbonyl (C=O) groups excluding carboxylic acids is 1. The maximum atomic E-state index is 12.2. The highest BCUT2D eigenvalue weighted by Gasteiger charge is 2.24. The monoisotopic (exact) mass is 314 g/mol. The maximum absolute atomic E-state index is 12.2. The molecule has 0 radical (unpaired) electrons. The molecule has 2 atom stereocenters. The van der Waals surface area contributed by atoms with Crippen molar-refractivity contribution in [2.24, 2.45) is 0 Å². The number of non-ortho nitro benzene ring substituents is 1. The van der Waals surface area contributed by atoms with Gasteiger partial charge in [0.1, 0.15) is 0 Å². The summed E-state index contributed by atoms with van der Waals surface area (Å²) in [5.74, 6) is -0.369. The number of benzene rings is 1. The molecule has 1 saturated heterocycles. The van der Waals surface area contributed by atoms with Crippen molar-refractivity contribution >= 4 is 29.7 Å². The van der Waals surface area contributed by atoms with Crippen LogP contribution in [0.4, 0.5) is 11.4 Å². The van der Waals surface area contributed by atoms with E-state index in [1.54, 1.807) is 0 Å². The Labute approximate surface area is 128 Å². The second-order valence-corrected chi connectivity index (χ2v) is 4.99. The Morgan fingerprint density at radius 2 is 2.24 bits per heavy atom. The van der Waals surface area contributed by atoms with Crippen LogP contribution in [0.5, 0.6) is 0 Å². The molecule has 2 rings (SSSR count). The summed E-state index contributed by atoms with van der Waals surface area (Å²) in [6, 6.07) is 4.07. The van der Waals surface area contributed by atoms with Crippen LogP contribution < -0.4 is 16.4 Å². The summed E-state index contributed by atoms with van der Waals surface area (Å²) in [6.07, 6.45) is 1.87. The van der Waals surface area contributed by atoms with Gasteiger partial charge in [-0.25, -0.2) is 0 Å². The summed E-state index contributed by atoms with van der Waals surface area (Å²) >= 11 is 0. The number of nitrogens with zero attached hydrogens (tertiary/aromatic N) is 1. The van der Waals surface area contributed by atoms with E-state index in [2.05, 4.69) is 10.6 Å². The molecule has 1 aromatic carbocycles. The Morgan fingerprint density at radius 3 is 2.86 bits per heavy atom. The molecule has 0 bridgehead atoms. The highest BCUT2D eigenvalue weighted by atomic mass is 35.5. The minimum atomic E-state index is -0.541. The second-order valence-electron chi connectivity index (χ2n) is 4.99. The first kappa shape index (κ1) is 17.2. The van der Waals surface area contributed by atoms with Crippen LogP contribution in [0.15, 0.2) is 18.2 Å². The van der Waals surface area contributed by atoms with Gasteiger partial charge in [-0.3, -0.25) is 14.9 Å². The zero-order chi connectivity index (χ0) is 14.7. The van der Waals surface area contributed by atoms with Crippen LogP contribution in [-0.4, -0.2) is 29.5 Å². The van der Waals surface area contributed by atoms with Gasteiger partial charge in [-0.1, -0.05) is 0 Å². The molecule has 4 N–H and O–H groups in total. The van der Waals surface area contributed by atoms with Crippen LogP contribution in [0.25, 0.3) is 0 Å². The molecule has 1 aromatic rings. The molecule has 1 aliphatic rings. The predicted molar refractivity (Wildman–Crippen MR) is 82.7 cm³/mol. The average Bonchev–Trinajstić information content (AvgIpc) is 2.41. The Balaban J connectivity index is 0.00000220. The van der Waals surface area contributed by atoms with E-state index in [0.717, 1.165) is 19.4 Å². The van der Waals surface area contributed by atoms with Crippen molar-refractivity contribution in [3.05, 3.63) is 33.9 Å². The molecular weight excluding hydrogens is 296 g/mol. The Morgan fingerprint density at radius 1 is 1.52 bits per heavy atom. The van der Waals surface area contributed by atoms with E-state index in [4.69, 9.17) is 5.73 Å². The number of halogens is 1. The molecule has 2 unspecified atom stereocenters. The molecule has 1 amide bonds. The van der Waals surface area contributed by atoms with Crippen LogP contribution >= 0.6 is 12.4 Å². The summed E-state index contributed by atoms with van der Waals surface area (Å²) in [7, 11) is 0. The van der Waals surface area contributed by atoms with Gasteiger partial charge < -0.3 is 16.4 Å². The van der Waals surface area contributed by atoms with Crippen molar-refractivity contribution in [2.75, 3.05) is 12.3 Å². The quantitative estimate of drug-likeness (QED) is 0.444. The van der Waals surface area contributed by atoms with Crippen molar-refractivity contribution in [3.8, 4) is 0 Å². The van der Waals surface area contributed by atoms with Crippen molar-refractivity contribution < 1.29 is 9.72 Å². The Hall–Kier alpha value is -1.86. The number of nitro benzene ring substituents is 1. The number of nitrogen functional groups attached to an aromatic ring is 1. The SMILES string of the molecule is CC1NCCCC1NC(=O)c1cc([N+](=O)[O-])ccc1N.Cl. The normalized spacial score (nSPS) is 21.2. The molecule has 116 valence electrons. The van der Waals surface area contributed by atoms with Crippen LogP contribution in [0.2, 0.25) is 0 Å². The first-order valence-electron chi connectivity index (χ1n) is 6.57. The van der Waals surface area contributed by atoms with Gasteiger partial charge in [0.05, 0.1) is 10.5 Å². The molecule has 0 spiro atoms. The standard InChI is InChI=1S/C13H18N4O3.ClH/c1-8-12(3-2-6-15-8)16-13(18)10-7-9(17(19)20)4-5-11(10)14;/h4-5,7-8,12,15H,2-3,6,14H2,1H3,(H,16,18);1H. The van der Waals surface area contributed by atoms with E-state index in [1.807, 2.05) is 6.92 Å². The average molecular weight is 315 g/mol. The lowest BCUT2D eigenvalue weighted by Gasteiger charge is -2.30. The number of nitrogens with one attached hydrogen (secondary N) is 2. The number of anilines is 1. The number of amides is 1. The van der Waals surface area contributed by atoms with E-state index >= 15 is 0 Å². The lowest BCUT2D eigenvalue weighted by atomic mass is 9.99. The van der Waals surface area contributed by atoms with E-state index in [-0.39, 0.29) is 47.3 Å². The van der Waals surface area contributed by atoms with Gasteiger partial charge in [0.2, 0.25) is 0 Å². The molecule has 1 fully saturated rings. The van der Waals surface area contributed by atoms with Crippen LogP contribution in [0.1, 0.15) is 30.1 Å². The fourth-order valence-corrected chi connectivity index (χ4v) is 2.34. The maximum Gasteiger partial charge on any atom is 0.270 e. The molecular formula is C13H19ClN4O3. The van der Waals surface area contributed by atoms with E-state index in [9.17, 15) is 14.9 Å². The summed E-state index contributed by atoms with van der Waals surface area (Å²) in [5, 5.41) is 16.9. The van der Waals surface area contributed by atoms with Gasteiger partial charge in [0, 0.05) is 29.9 Å². The molecule has 1 heterocycles. The van der Waals surface area contributed by atoms with Crippen molar-refractivity contribution in [2.45, 2.75) is 31.8 Å². The largest absolute Gasteiger partial charge is 0.398 e. The zero-order valence-electron chi connectivity index (χ0n) is 11.7. The topological polar surface area (TPSA) is 110 Å². The van der Waals surface area contributed by atoms with Crippen LogP contribution in [0.3, 0.4) is 0 Å². The molecule has 0 aliphatic carbocycles. The molecule has 0 saturated carbocycles. The zero-order valence-corrected chi connectivity index (χ0v) is 12.5. The van der Waals surface area contributed by atoms with Gasteiger partial charge in [0.15, 0.2) is 0 Å². The van der Waals surface area contributed by atoms with E-state index < -0.39 is 4.92 Å². The number of rotatable bonds is 3. The number of nitrogens with two attached hydrogens (primary N) is 1. The number of piperidine rings is 1. The summed E-state index contributed by atoms with van der Waals surface area (Å²) in [4.78, 5) is 22.4. The number of hydrogen-bond acceptors (Lipinski definition) is 5. The Kier molecular flexibility index (Phi) is 5.92. The van der Waals surface area contributed by atoms with Crippen LogP contribution in [-0.2, 0) is 0 Å². The van der Waals surface area contributed by atoms with E-state index in [0.29, 0.717) is 0 Å². The fourth-order valence-electron chi connectivity index (χ4n) is 2.34. The van der Waals surface area contributed by atoms with Gasteiger partial charge in [-0.05, 0) is 32.4 Å². The van der Waals surface area contributed by atoms with E-state index in [1.165, 1.54) is 18.2 Å². The third kappa shape index (κ3) is 4.05. The smallest absolute Gasteiger partial charge is 0.270 e. The van der Waals surface area contributed by atoms with Gasteiger partial charge >= 0.3 is 0 Å². The van der Waals surface area contributed by atoms with Crippen molar-refractivity contribution in [3.63, 3.8) is 0 Å². The molecule has 1 aliphatic heterocycles. The second kappa shape index (κ2) is 7.24. The lowest BCUT2D eigenvalue weighted by molar-refractivity contribution is -0.384. The highest BCUT2D eigenvalue weighted by Crippen LogP contribution is 2.20. The molecule has 8 heteroatoms. The summed E-state index contributed by atoms with van der Waals surface area (Å²) < 4.78 is 0. The number of hydrogen-bond donors (Lipinski definition) is 3. The highest BCUT2D eigenvalue weighted by molar-refractivity contribution is 6.00. The minimum absolute atomic E-state index is 0. The summed E-state index contributed by atoms with van der Waals surface area (Å²) in [6.45, 7) is 2.94. The predicted octanol–water partition coefficient (Wildman–Crippen LogP) is 1.47. The first-order chi connectivity index (χ1) is 9.49. The minimum Gasteiger partial charge on any atom is -0.398 e. The summed E-state index contributed by atoms with van der Waals surface area (Å²) in [5.41, 5.74) is 5.98. The molecule has 0 aromatic heterocycles. The third-order valence-electron chi connectivity index (χ3n) is 3.57. The Bertz CT molecular complexity index is 538. The number of nitro groups is 1. The lowest BCUT2D eigenvalue weighted by Crippen LogP contribution is -2.52. The van der Waals surface area contributed by atoms with Crippen LogP contribution in [0, 0.1) is 10.1 Å². The van der Waals surface area contributed by atoms with Gasteiger partial charge in [-0.2, -0.15) is 0 Å². The van der Waals surface area contributed by atoms with Crippen molar-refractivity contribution in [1.29, 1.82) is 0 Å². The molecule has 7 nitrogen and oxygen atoms in total. The molecule has 21 heavy (non-hydrogen) atoms. The van der Waals surface area contributed by atoms with Crippen molar-refractivity contribution in [1.82, 2.24) is 10.6 Å².